The van der Waals surface area contributed by atoms with Gasteiger partial charge in [0.05, 0.1) is 17.8 Å². The first-order valence-electron chi connectivity index (χ1n) is 5.67. The zero-order chi connectivity index (χ0) is 11.8. The minimum Gasteiger partial charge on any atom is -0.368 e. The molecule has 0 saturated heterocycles. The number of carbonyl (C=O) groups is 1. The summed E-state index contributed by atoms with van der Waals surface area (Å²) in [5, 5.41) is 4.30. The minimum absolute atomic E-state index is 0.206. The van der Waals surface area contributed by atoms with E-state index in [9.17, 15) is 4.79 Å². The summed E-state index contributed by atoms with van der Waals surface area (Å²) in [4.78, 5) is 11.2. The van der Waals surface area contributed by atoms with Crippen molar-refractivity contribution in [2.45, 2.75) is 44.2 Å². The summed E-state index contributed by atoms with van der Waals surface area (Å²) in [6.07, 6.45) is 6.96. The van der Waals surface area contributed by atoms with Gasteiger partial charge in [-0.3, -0.25) is 9.48 Å². The normalized spacial score (nSPS) is 29.5. The van der Waals surface area contributed by atoms with Gasteiger partial charge in [0.25, 0.3) is 0 Å². The molecule has 16 heavy (non-hydrogen) atoms. The van der Waals surface area contributed by atoms with Crippen LogP contribution in [0, 0.1) is 0 Å². The summed E-state index contributed by atoms with van der Waals surface area (Å²) in [5.74, 6) is -0.405. The topological polar surface area (TPSA) is 86.9 Å². The van der Waals surface area contributed by atoms with Crippen molar-refractivity contribution in [3.05, 3.63) is 18.0 Å². The summed E-state index contributed by atoms with van der Waals surface area (Å²) < 4.78 is 1.91. The van der Waals surface area contributed by atoms with E-state index in [1.807, 2.05) is 17.1 Å². The van der Waals surface area contributed by atoms with Crippen molar-refractivity contribution in [3.63, 3.8) is 0 Å². The lowest BCUT2D eigenvalue weighted by molar-refractivity contribution is -0.123. The number of carbonyl (C=O) groups excluding carboxylic acids is 1. The summed E-state index contributed by atoms with van der Waals surface area (Å²) >= 11 is 0. The Kier molecular flexibility index (Phi) is 2.71. The van der Waals surface area contributed by atoms with Crippen molar-refractivity contribution in [1.29, 1.82) is 0 Å². The third kappa shape index (κ3) is 1.82. The average Bonchev–Trinajstić information content (AvgIpc) is 2.84. The molecule has 0 aliphatic heterocycles. The molecule has 1 amide bonds. The molecule has 4 N–H and O–H groups in total. The van der Waals surface area contributed by atoms with Crippen molar-refractivity contribution in [2.24, 2.45) is 11.5 Å². The number of amides is 1. The first-order valence-corrected chi connectivity index (χ1v) is 5.67. The SMILES string of the molecule is CCc1cnn(C2CCC(N)(C(N)=O)C2)c1. The maximum absolute atomic E-state index is 11.2. The Balaban J connectivity index is 2.11. The van der Waals surface area contributed by atoms with E-state index in [1.54, 1.807) is 0 Å². The predicted octanol–water partition coefficient (Wildman–Crippen LogP) is 0.353. The van der Waals surface area contributed by atoms with Gasteiger partial charge in [0.1, 0.15) is 0 Å². The second-order valence-electron chi connectivity index (χ2n) is 4.60. The van der Waals surface area contributed by atoms with Gasteiger partial charge >= 0.3 is 0 Å². The van der Waals surface area contributed by atoms with Gasteiger partial charge in [-0.15, -0.1) is 0 Å². The highest BCUT2D eigenvalue weighted by Crippen LogP contribution is 2.35. The van der Waals surface area contributed by atoms with E-state index < -0.39 is 11.4 Å². The molecule has 0 bridgehead atoms. The molecule has 5 nitrogen and oxygen atoms in total. The van der Waals surface area contributed by atoms with Crippen molar-refractivity contribution < 1.29 is 4.79 Å². The van der Waals surface area contributed by atoms with Crippen LogP contribution in [0.15, 0.2) is 12.4 Å². The quantitative estimate of drug-likeness (QED) is 0.773. The molecule has 88 valence electrons. The Morgan fingerprint density at radius 2 is 2.50 bits per heavy atom. The molecule has 1 aromatic rings. The number of primary amides is 1. The number of hydrogen-bond donors (Lipinski definition) is 2. The van der Waals surface area contributed by atoms with Crippen LogP contribution in [-0.2, 0) is 11.2 Å². The van der Waals surface area contributed by atoms with Crippen LogP contribution in [0.5, 0.6) is 0 Å². The van der Waals surface area contributed by atoms with Gasteiger partial charge < -0.3 is 11.5 Å². The molecule has 1 aromatic heterocycles. The van der Waals surface area contributed by atoms with E-state index in [1.165, 1.54) is 5.56 Å². The van der Waals surface area contributed by atoms with Gasteiger partial charge in [-0.2, -0.15) is 5.10 Å². The Labute approximate surface area is 94.8 Å². The van der Waals surface area contributed by atoms with Crippen LogP contribution in [-0.4, -0.2) is 21.2 Å². The van der Waals surface area contributed by atoms with Crippen LogP contribution < -0.4 is 11.5 Å². The summed E-state index contributed by atoms with van der Waals surface area (Å²) in [6, 6.07) is 0.206. The number of nitrogens with two attached hydrogens (primary N) is 2. The molecule has 1 aliphatic rings. The Hall–Kier alpha value is -1.36. The molecular weight excluding hydrogens is 204 g/mol. The van der Waals surface area contributed by atoms with Crippen molar-refractivity contribution in [1.82, 2.24) is 9.78 Å². The van der Waals surface area contributed by atoms with E-state index in [0.29, 0.717) is 12.8 Å². The van der Waals surface area contributed by atoms with Gasteiger partial charge in [-0.05, 0) is 31.2 Å². The van der Waals surface area contributed by atoms with Crippen molar-refractivity contribution >= 4 is 5.91 Å². The first kappa shape index (κ1) is 11.1. The lowest BCUT2D eigenvalue weighted by Gasteiger charge is -2.19. The molecule has 0 aromatic carbocycles. The van der Waals surface area contributed by atoms with Crippen LogP contribution in [0.25, 0.3) is 0 Å². The van der Waals surface area contributed by atoms with Gasteiger partial charge in [0.15, 0.2) is 0 Å². The lowest BCUT2D eigenvalue weighted by Crippen LogP contribution is -2.49. The Morgan fingerprint density at radius 1 is 1.75 bits per heavy atom. The summed E-state index contributed by atoms with van der Waals surface area (Å²) in [5.41, 5.74) is 11.6. The zero-order valence-electron chi connectivity index (χ0n) is 9.52. The van der Waals surface area contributed by atoms with Gasteiger partial charge in [-0.1, -0.05) is 6.92 Å². The molecule has 0 spiro atoms. The third-order valence-corrected chi connectivity index (χ3v) is 3.45. The van der Waals surface area contributed by atoms with Crippen LogP contribution in [0.3, 0.4) is 0 Å². The fourth-order valence-corrected chi connectivity index (χ4v) is 2.26. The summed E-state index contributed by atoms with van der Waals surface area (Å²) in [7, 11) is 0. The maximum atomic E-state index is 11.2. The van der Waals surface area contributed by atoms with Crippen LogP contribution in [0.1, 0.15) is 37.8 Å². The average molecular weight is 222 g/mol. The fourth-order valence-electron chi connectivity index (χ4n) is 2.26. The number of rotatable bonds is 3. The largest absolute Gasteiger partial charge is 0.368 e. The van der Waals surface area contributed by atoms with Crippen molar-refractivity contribution in [3.8, 4) is 0 Å². The molecule has 2 rings (SSSR count). The van der Waals surface area contributed by atoms with E-state index in [2.05, 4.69) is 12.0 Å². The highest BCUT2D eigenvalue weighted by Gasteiger charge is 2.41. The number of aryl methyl sites for hydroxylation is 1. The van der Waals surface area contributed by atoms with E-state index in [-0.39, 0.29) is 6.04 Å². The highest BCUT2D eigenvalue weighted by molar-refractivity contribution is 5.84. The molecule has 1 heterocycles. The van der Waals surface area contributed by atoms with Crippen molar-refractivity contribution in [2.75, 3.05) is 0 Å². The molecular formula is C11H18N4O. The van der Waals surface area contributed by atoms with E-state index >= 15 is 0 Å². The maximum Gasteiger partial charge on any atom is 0.237 e. The van der Waals surface area contributed by atoms with Crippen LogP contribution in [0.2, 0.25) is 0 Å². The number of nitrogens with zero attached hydrogens (tertiary/aromatic N) is 2. The fraction of sp³-hybridized carbons (Fsp3) is 0.636. The van der Waals surface area contributed by atoms with E-state index in [4.69, 9.17) is 11.5 Å². The van der Waals surface area contributed by atoms with Crippen LogP contribution >= 0.6 is 0 Å². The smallest absolute Gasteiger partial charge is 0.237 e. The summed E-state index contributed by atoms with van der Waals surface area (Å²) in [6.45, 7) is 2.09. The number of aromatic nitrogens is 2. The number of hydrogen-bond acceptors (Lipinski definition) is 3. The molecule has 0 radical (unpaired) electrons. The molecule has 1 aliphatic carbocycles. The standard InChI is InChI=1S/C11H18N4O/c1-2-8-6-14-15(7-8)9-3-4-11(13,5-9)10(12)16/h6-7,9H,2-5,13H2,1H3,(H2,12,16). The van der Waals surface area contributed by atoms with Gasteiger partial charge in [0.2, 0.25) is 5.91 Å². The predicted molar refractivity (Wildman–Crippen MR) is 60.6 cm³/mol. The second-order valence-corrected chi connectivity index (χ2v) is 4.60. The third-order valence-electron chi connectivity index (χ3n) is 3.45. The lowest BCUT2D eigenvalue weighted by atomic mass is 9.98. The molecule has 1 fully saturated rings. The van der Waals surface area contributed by atoms with Gasteiger partial charge in [-0.25, -0.2) is 0 Å². The zero-order valence-corrected chi connectivity index (χ0v) is 9.52. The van der Waals surface area contributed by atoms with Crippen LogP contribution in [0.4, 0.5) is 0 Å². The Bertz CT molecular complexity index is 400. The first-order chi connectivity index (χ1) is 7.55. The van der Waals surface area contributed by atoms with Gasteiger partial charge in [0, 0.05) is 6.20 Å². The molecule has 2 atom stereocenters. The monoisotopic (exact) mass is 222 g/mol. The minimum atomic E-state index is -0.844. The molecule has 5 heteroatoms. The second kappa shape index (κ2) is 3.90. The molecule has 1 saturated carbocycles. The highest BCUT2D eigenvalue weighted by atomic mass is 16.1. The van der Waals surface area contributed by atoms with E-state index in [0.717, 1.165) is 12.8 Å². The Morgan fingerprint density at radius 3 is 3.00 bits per heavy atom. The molecule has 2 unspecified atom stereocenters.